The Morgan fingerprint density at radius 3 is 2.50 bits per heavy atom. The van der Waals surface area contributed by atoms with Crippen LogP contribution in [0.2, 0.25) is 0 Å². The third-order valence-electron chi connectivity index (χ3n) is 4.30. The van der Waals surface area contributed by atoms with Gasteiger partial charge in [-0.15, -0.1) is 0 Å². The summed E-state index contributed by atoms with van der Waals surface area (Å²) < 4.78 is 16.4. The Hall–Kier alpha value is -3.10. The lowest BCUT2D eigenvalue weighted by atomic mass is 9.94. The van der Waals surface area contributed by atoms with Gasteiger partial charge in [-0.2, -0.15) is 0 Å². The molecule has 0 spiro atoms. The molecule has 2 atom stereocenters. The molecule has 2 unspecified atom stereocenters. The Kier molecular flexibility index (Phi) is 5.01. The van der Waals surface area contributed by atoms with Crippen LogP contribution in [0.1, 0.15) is 35.9 Å². The quantitative estimate of drug-likeness (QED) is 0.666. The van der Waals surface area contributed by atoms with Gasteiger partial charge in [0.05, 0.1) is 7.11 Å². The van der Waals surface area contributed by atoms with Crippen LogP contribution in [0.15, 0.2) is 36.4 Å². The van der Waals surface area contributed by atoms with Crippen molar-refractivity contribution in [2.24, 2.45) is 0 Å². The molecule has 1 aliphatic heterocycles. The fraction of sp³-hybridized carbons (Fsp3) is 0.300. The summed E-state index contributed by atoms with van der Waals surface area (Å²) in [6.07, 6.45) is -3.62. The maximum atomic E-state index is 12.6. The molecule has 3 N–H and O–H groups in total. The Labute approximate surface area is 160 Å². The van der Waals surface area contributed by atoms with Crippen LogP contribution in [0, 0.1) is 0 Å². The molecule has 28 heavy (non-hydrogen) atoms. The van der Waals surface area contributed by atoms with Crippen LogP contribution >= 0.6 is 0 Å². The fourth-order valence-corrected chi connectivity index (χ4v) is 2.99. The van der Waals surface area contributed by atoms with E-state index in [1.165, 1.54) is 19.2 Å². The van der Waals surface area contributed by atoms with Crippen LogP contribution in [0.4, 0.5) is 0 Å². The Morgan fingerprint density at radius 1 is 1.14 bits per heavy atom. The van der Waals surface area contributed by atoms with Gasteiger partial charge in [-0.05, 0) is 23.3 Å². The van der Waals surface area contributed by atoms with E-state index in [4.69, 9.17) is 19.3 Å². The van der Waals surface area contributed by atoms with Gasteiger partial charge in [0.15, 0.2) is 6.10 Å². The lowest BCUT2D eigenvalue weighted by Crippen LogP contribution is -2.39. The van der Waals surface area contributed by atoms with Crippen molar-refractivity contribution in [1.82, 2.24) is 0 Å². The number of hydrogen-bond donors (Lipinski definition) is 3. The molecule has 148 valence electrons. The monoisotopic (exact) mass is 388 g/mol. The van der Waals surface area contributed by atoms with Gasteiger partial charge in [0.1, 0.15) is 23.2 Å². The number of carbonyl (C=O) groups is 2. The molecule has 0 fully saturated rings. The number of fused-ring (bicyclic) bond motifs is 1. The zero-order chi connectivity index (χ0) is 20.6. The Balaban J connectivity index is 2.13. The molecule has 0 saturated carbocycles. The van der Waals surface area contributed by atoms with Crippen molar-refractivity contribution in [1.29, 1.82) is 0 Å². The number of cyclic esters (lactones) is 1. The average molecular weight is 388 g/mol. The number of methoxy groups -OCH3 is 1. The maximum Gasteiger partial charge on any atom is 0.345 e. The predicted octanol–water partition coefficient (Wildman–Crippen LogP) is 2.13. The summed E-state index contributed by atoms with van der Waals surface area (Å²) in [6, 6.07) is 9.40. The zero-order valence-corrected chi connectivity index (χ0v) is 15.5. The fourth-order valence-electron chi connectivity index (χ4n) is 2.99. The minimum absolute atomic E-state index is 0.175. The predicted molar refractivity (Wildman–Crippen MR) is 97.2 cm³/mol. The molecule has 0 radical (unpaired) electrons. The molecule has 0 aromatic heterocycles. The lowest BCUT2D eigenvalue weighted by molar-refractivity contribution is -0.153. The van der Waals surface area contributed by atoms with E-state index in [2.05, 4.69) is 0 Å². The molecule has 2 aromatic carbocycles. The van der Waals surface area contributed by atoms with Crippen LogP contribution in [0.3, 0.4) is 0 Å². The number of aliphatic hydroxyl groups excluding tert-OH is 2. The van der Waals surface area contributed by atoms with Gasteiger partial charge >= 0.3 is 11.9 Å². The minimum atomic E-state index is -1.98. The second-order valence-corrected chi connectivity index (χ2v) is 6.79. The largest absolute Gasteiger partial charge is 0.497 e. The van der Waals surface area contributed by atoms with Gasteiger partial charge in [-0.3, -0.25) is 0 Å². The van der Waals surface area contributed by atoms with Gasteiger partial charge in [0.25, 0.3) is 0 Å². The molecule has 1 aliphatic rings. The highest BCUT2D eigenvalue weighted by atomic mass is 16.7. The van der Waals surface area contributed by atoms with Crippen molar-refractivity contribution >= 4 is 11.9 Å². The van der Waals surface area contributed by atoms with Gasteiger partial charge in [0.2, 0.25) is 5.79 Å². The van der Waals surface area contributed by atoms with Gasteiger partial charge in [-0.1, -0.05) is 18.2 Å². The standard InChI is InChI=1S/C20H20O8/c1-20(2)27-14-9-12(26-3)8-13(15(14)19(25)28-20)10-5-4-6-11(7-10)16(21)17(22)18(23)24/h4-9,16-17,21-22H,1-3H3,(H,23,24). The van der Waals surface area contributed by atoms with Gasteiger partial charge in [-0.25, -0.2) is 9.59 Å². The molecule has 8 heteroatoms. The first kappa shape index (κ1) is 19.7. The van der Waals surface area contributed by atoms with Crippen molar-refractivity contribution in [3.63, 3.8) is 0 Å². The summed E-state index contributed by atoms with van der Waals surface area (Å²) in [4.78, 5) is 23.5. The molecule has 3 rings (SSSR count). The van der Waals surface area contributed by atoms with Gasteiger partial charge < -0.3 is 29.5 Å². The van der Waals surface area contributed by atoms with E-state index in [0.717, 1.165) is 0 Å². The molecular formula is C20H20O8. The summed E-state index contributed by atoms with van der Waals surface area (Å²) in [7, 11) is 1.47. The first-order valence-electron chi connectivity index (χ1n) is 8.46. The van der Waals surface area contributed by atoms with Crippen molar-refractivity contribution in [3.8, 4) is 22.6 Å². The second kappa shape index (κ2) is 7.14. The lowest BCUT2D eigenvalue weighted by Gasteiger charge is -2.33. The van der Waals surface area contributed by atoms with Crippen LogP contribution in [-0.4, -0.2) is 46.3 Å². The SMILES string of the molecule is COc1cc2c(c(-c3cccc(C(O)C(O)C(=O)O)c3)c1)C(=O)OC(C)(C)O2. The number of benzene rings is 2. The minimum Gasteiger partial charge on any atom is -0.497 e. The third kappa shape index (κ3) is 3.64. The van der Waals surface area contributed by atoms with E-state index in [-0.39, 0.29) is 16.9 Å². The summed E-state index contributed by atoms with van der Waals surface area (Å²) in [5, 5.41) is 28.6. The number of carbonyl (C=O) groups excluding carboxylic acids is 1. The van der Waals surface area contributed by atoms with E-state index >= 15 is 0 Å². The number of hydrogen-bond acceptors (Lipinski definition) is 7. The van der Waals surface area contributed by atoms with E-state index in [1.54, 1.807) is 38.1 Å². The number of rotatable bonds is 5. The number of esters is 1. The van der Waals surface area contributed by atoms with Crippen LogP contribution in [0.5, 0.6) is 11.5 Å². The van der Waals surface area contributed by atoms with Crippen LogP contribution in [-0.2, 0) is 9.53 Å². The van der Waals surface area contributed by atoms with Crippen molar-refractivity contribution in [2.75, 3.05) is 7.11 Å². The Bertz CT molecular complexity index is 934. The summed E-state index contributed by atoms with van der Waals surface area (Å²) in [5.74, 6) is -2.55. The van der Waals surface area contributed by atoms with Crippen LogP contribution in [0.25, 0.3) is 11.1 Å². The molecule has 0 amide bonds. The molecule has 1 heterocycles. The first-order chi connectivity index (χ1) is 13.1. The van der Waals surface area contributed by atoms with E-state index in [0.29, 0.717) is 16.9 Å². The molecule has 0 aliphatic carbocycles. The van der Waals surface area contributed by atoms with Crippen molar-refractivity contribution in [3.05, 3.63) is 47.5 Å². The topological polar surface area (TPSA) is 123 Å². The smallest absolute Gasteiger partial charge is 0.345 e. The van der Waals surface area contributed by atoms with E-state index in [1.807, 2.05) is 0 Å². The highest BCUT2D eigenvalue weighted by molar-refractivity contribution is 6.01. The molecule has 0 bridgehead atoms. The molecule has 0 saturated heterocycles. The molecule has 2 aromatic rings. The highest BCUT2D eigenvalue weighted by Gasteiger charge is 2.36. The second-order valence-electron chi connectivity index (χ2n) is 6.79. The van der Waals surface area contributed by atoms with Crippen LogP contribution < -0.4 is 9.47 Å². The van der Waals surface area contributed by atoms with Crippen molar-refractivity contribution < 1.29 is 39.1 Å². The summed E-state index contributed by atoms with van der Waals surface area (Å²) in [6.45, 7) is 3.22. The number of aliphatic carboxylic acids is 1. The van der Waals surface area contributed by atoms with Crippen molar-refractivity contribution in [2.45, 2.75) is 31.8 Å². The molecular weight excluding hydrogens is 368 g/mol. The number of aliphatic hydroxyl groups is 2. The Morgan fingerprint density at radius 2 is 1.86 bits per heavy atom. The number of carboxylic acids is 1. The third-order valence-corrected chi connectivity index (χ3v) is 4.30. The molecule has 8 nitrogen and oxygen atoms in total. The summed E-state index contributed by atoms with van der Waals surface area (Å²) in [5.41, 5.74) is 1.28. The normalized spacial score (nSPS) is 17.0. The maximum absolute atomic E-state index is 12.6. The van der Waals surface area contributed by atoms with E-state index < -0.39 is 29.9 Å². The number of ether oxygens (including phenoxy) is 3. The summed E-state index contributed by atoms with van der Waals surface area (Å²) >= 11 is 0. The number of carboxylic acid groups (broad SMARTS) is 1. The highest BCUT2D eigenvalue weighted by Crippen LogP contribution is 2.41. The zero-order valence-electron chi connectivity index (χ0n) is 15.5. The first-order valence-corrected chi connectivity index (χ1v) is 8.46. The average Bonchev–Trinajstić information content (AvgIpc) is 2.64. The van der Waals surface area contributed by atoms with Gasteiger partial charge in [0, 0.05) is 25.5 Å². The van der Waals surface area contributed by atoms with E-state index in [9.17, 15) is 19.8 Å².